The maximum Gasteiger partial charge on any atom is 0.143 e. The predicted octanol–water partition coefficient (Wildman–Crippen LogP) is 4.50. The van der Waals surface area contributed by atoms with Crippen LogP contribution in [0.5, 0.6) is 5.75 Å². The average Bonchev–Trinajstić information content (AvgIpc) is 3.08. The lowest BCUT2D eigenvalue weighted by atomic mass is 10.1. The van der Waals surface area contributed by atoms with Crippen LogP contribution in [0.1, 0.15) is 18.5 Å². The normalized spacial score (nSPS) is 12.2. The number of hydrogen-bond donors (Lipinski definition) is 3. The number of anilines is 1. The van der Waals surface area contributed by atoms with Gasteiger partial charge in [-0.05, 0) is 48.4 Å². The van der Waals surface area contributed by atoms with Gasteiger partial charge in [0.1, 0.15) is 23.5 Å². The highest BCUT2D eigenvalue weighted by atomic mass is 16.3. The standard InChI is InChI=1S/C20H18N4O/c1-13(14-5-3-2-4-6-14)23-19-17-11-18(24-20(17)22-12-21-19)15-7-9-16(25)10-8-15/h2-13,25H,1H3,(H2,21,22,23,24)/t13-/m0/s1. The Balaban J connectivity index is 1.69. The van der Waals surface area contributed by atoms with E-state index in [1.807, 2.05) is 36.4 Å². The molecule has 0 aliphatic carbocycles. The van der Waals surface area contributed by atoms with Gasteiger partial charge in [-0.3, -0.25) is 0 Å². The van der Waals surface area contributed by atoms with E-state index in [2.05, 4.69) is 39.3 Å². The van der Waals surface area contributed by atoms with Crippen LogP contribution < -0.4 is 5.32 Å². The Hall–Kier alpha value is -3.34. The van der Waals surface area contributed by atoms with E-state index in [-0.39, 0.29) is 11.8 Å². The number of benzene rings is 2. The fourth-order valence-corrected chi connectivity index (χ4v) is 2.88. The van der Waals surface area contributed by atoms with Crippen LogP contribution in [0.15, 0.2) is 67.0 Å². The first-order valence-corrected chi connectivity index (χ1v) is 8.15. The van der Waals surface area contributed by atoms with Gasteiger partial charge in [-0.2, -0.15) is 0 Å². The van der Waals surface area contributed by atoms with E-state index in [1.165, 1.54) is 5.56 Å². The fourth-order valence-electron chi connectivity index (χ4n) is 2.88. The SMILES string of the molecule is C[C@H](Nc1ncnc2[nH]c(-c3ccc(O)cc3)cc12)c1ccccc1. The molecule has 5 nitrogen and oxygen atoms in total. The van der Waals surface area contributed by atoms with E-state index in [1.54, 1.807) is 18.5 Å². The third kappa shape index (κ3) is 3.04. The average molecular weight is 330 g/mol. The van der Waals surface area contributed by atoms with Crippen molar-refractivity contribution in [1.82, 2.24) is 15.0 Å². The van der Waals surface area contributed by atoms with E-state index < -0.39 is 0 Å². The summed E-state index contributed by atoms with van der Waals surface area (Å²) < 4.78 is 0. The van der Waals surface area contributed by atoms with Crippen LogP contribution in [0.4, 0.5) is 5.82 Å². The Morgan fingerprint density at radius 3 is 2.52 bits per heavy atom. The Morgan fingerprint density at radius 1 is 1.00 bits per heavy atom. The maximum atomic E-state index is 9.45. The minimum Gasteiger partial charge on any atom is -0.508 e. The highest BCUT2D eigenvalue weighted by Gasteiger charge is 2.12. The molecular weight excluding hydrogens is 312 g/mol. The molecule has 124 valence electrons. The van der Waals surface area contributed by atoms with Crippen LogP contribution in [-0.4, -0.2) is 20.1 Å². The first kappa shape index (κ1) is 15.2. The maximum absolute atomic E-state index is 9.45. The van der Waals surface area contributed by atoms with Gasteiger partial charge >= 0.3 is 0 Å². The molecule has 2 aromatic carbocycles. The molecule has 3 N–H and O–H groups in total. The zero-order valence-corrected chi connectivity index (χ0v) is 13.8. The number of fused-ring (bicyclic) bond motifs is 1. The second-order valence-electron chi connectivity index (χ2n) is 5.99. The molecule has 0 spiro atoms. The van der Waals surface area contributed by atoms with Crippen LogP contribution in [0.25, 0.3) is 22.3 Å². The molecule has 4 rings (SSSR count). The van der Waals surface area contributed by atoms with Crippen molar-refractivity contribution < 1.29 is 5.11 Å². The number of phenolic OH excluding ortho intramolecular Hbond substituents is 1. The monoisotopic (exact) mass is 330 g/mol. The number of aromatic nitrogens is 3. The first-order valence-electron chi connectivity index (χ1n) is 8.15. The van der Waals surface area contributed by atoms with Gasteiger partial charge in [-0.25, -0.2) is 9.97 Å². The molecule has 0 saturated carbocycles. The van der Waals surface area contributed by atoms with Crippen molar-refractivity contribution >= 4 is 16.9 Å². The smallest absolute Gasteiger partial charge is 0.143 e. The molecule has 25 heavy (non-hydrogen) atoms. The third-order valence-corrected chi connectivity index (χ3v) is 4.26. The molecule has 0 saturated heterocycles. The van der Waals surface area contributed by atoms with Gasteiger partial charge in [-0.1, -0.05) is 30.3 Å². The lowest BCUT2D eigenvalue weighted by Gasteiger charge is -2.15. The zero-order chi connectivity index (χ0) is 17.2. The molecule has 0 bridgehead atoms. The van der Waals surface area contributed by atoms with Crippen LogP contribution >= 0.6 is 0 Å². The second-order valence-corrected chi connectivity index (χ2v) is 5.99. The number of nitrogens with one attached hydrogen (secondary N) is 2. The molecule has 0 unspecified atom stereocenters. The molecule has 1 atom stereocenters. The molecule has 4 aromatic rings. The summed E-state index contributed by atoms with van der Waals surface area (Å²) in [6.45, 7) is 2.11. The lowest BCUT2D eigenvalue weighted by Crippen LogP contribution is -2.08. The van der Waals surface area contributed by atoms with Crippen molar-refractivity contribution in [3.8, 4) is 17.0 Å². The molecule has 5 heteroatoms. The van der Waals surface area contributed by atoms with Crippen molar-refractivity contribution in [2.24, 2.45) is 0 Å². The van der Waals surface area contributed by atoms with Gasteiger partial charge in [0, 0.05) is 11.7 Å². The summed E-state index contributed by atoms with van der Waals surface area (Å²) in [5, 5.41) is 13.9. The van der Waals surface area contributed by atoms with Gasteiger partial charge in [0.15, 0.2) is 0 Å². The Kier molecular flexibility index (Phi) is 3.82. The summed E-state index contributed by atoms with van der Waals surface area (Å²) in [5.74, 6) is 1.04. The van der Waals surface area contributed by atoms with E-state index in [0.29, 0.717) is 0 Å². The van der Waals surface area contributed by atoms with Crippen molar-refractivity contribution in [2.45, 2.75) is 13.0 Å². The molecule has 0 radical (unpaired) electrons. The number of aromatic amines is 1. The number of aromatic hydroxyl groups is 1. The van der Waals surface area contributed by atoms with Crippen LogP contribution in [0.3, 0.4) is 0 Å². The second kappa shape index (κ2) is 6.28. The minimum absolute atomic E-state index is 0.131. The third-order valence-electron chi connectivity index (χ3n) is 4.26. The number of hydrogen-bond acceptors (Lipinski definition) is 4. The van der Waals surface area contributed by atoms with Crippen molar-refractivity contribution in [1.29, 1.82) is 0 Å². The number of nitrogens with zero attached hydrogens (tertiary/aromatic N) is 2. The van der Waals surface area contributed by atoms with Crippen molar-refractivity contribution in [3.05, 3.63) is 72.6 Å². The Bertz CT molecular complexity index is 993. The van der Waals surface area contributed by atoms with E-state index >= 15 is 0 Å². The molecule has 2 aromatic heterocycles. The summed E-state index contributed by atoms with van der Waals surface area (Å²) in [7, 11) is 0. The van der Waals surface area contributed by atoms with E-state index in [0.717, 1.165) is 28.1 Å². The predicted molar refractivity (Wildman–Crippen MR) is 99.5 cm³/mol. The zero-order valence-electron chi connectivity index (χ0n) is 13.8. The Morgan fingerprint density at radius 2 is 1.76 bits per heavy atom. The number of phenols is 1. The molecule has 0 fully saturated rings. The fraction of sp³-hybridized carbons (Fsp3) is 0.100. The van der Waals surface area contributed by atoms with E-state index in [9.17, 15) is 5.11 Å². The number of rotatable bonds is 4. The van der Waals surface area contributed by atoms with E-state index in [4.69, 9.17) is 0 Å². The lowest BCUT2D eigenvalue weighted by molar-refractivity contribution is 0.475. The van der Waals surface area contributed by atoms with Crippen LogP contribution in [-0.2, 0) is 0 Å². The summed E-state index contributed by atoms with van der Waals surface area (Å²) >= 11 is 0. The largest absolute Gasteiger partial charge is 0.508 e. The van der Waals surface area contributed by atoms with Crippen LogP contribution in [0, 0.1) is 0 Å². The molecule has 0 amide bonds. The molecule has 2 heterocycles. The van der Waals surface area contributed by atoms with Gasteiger partial charge in [0.05, 0.1) is 5.39 Å². The first-order chi connectivity index (χ1) is 12.2. The minimum atomic E-state index is 0.131. The van der Waals surface area contributed by atoms with Crippen molar-refractivity contribution in [3.63, 3.8) is 0 Å². The van der Waals surface area contributed by atoms with Gasteiger partial charge in [-0.15, -0.1) is 0 Å². The van der Waals surface area contributed by atoms with Gasteiger partial charge in [0.25, 0.3) is 0 Å². The summed E-state index contributed by atoms with van der Waals surface area (Å²) in [5.41, 5.74) is 3.90. The molecular formula is C20H18N4O. The molecule has 0 aliphatic heterocycles. The van der Waals surface area contributed by atoms with Gasteiger partial charge < -0.3 is 15.4 Å². The number of H-pyrrole nitrogens is 1. The summed E-state index contributed by atoms with van der Waals surface area (Å²) in [6, 6.07) is 19.5. The summed E-state index contributed by atoms with van der Waals surface area (Å²) in [4.78, 5) is 12.1. The highest BCUT2D eigenvalue weighted by molar-refractivity contribution is 5.91. The van der Waals surface area contributed by atoms with Gasteiger partial charge in [0.2, 0.25) is 0 Å². The Labute approximate surface area is 145 Å². The topological polar surface area (TPSA) is 73.8 Å². The summed E-state index contributed by atoms with van der Waals surface area (Å²) in [6.07, 6.45) is 1.56. The molecule has 0 aliphatic rings. The van der Waals surface area contributed by atoms with Crippen LogP contribution in [0.2, 0.25) is 0 Å². The quantitative estimate of drug-likeness (QED) is 0.515. The highest BCUT2D eigenvalue weighted by Crippen LogP contribution is 2.29. The van der Waals surface area contributed by atoms with Crippen molar-refractivity contribution in [2.75, 3.05) is 5.32 Å².